The van der Waals surface area contributed by atoms with Crippen LogP contribution in [0.2, 0.25) is 0 Å². The fourth-order valence-corrected chi connectivity index (χ4v) is 1.46. The Bertz CT molecular complexity index is 306. The van der Waals surface area contributed by atoms with Crippen LogP contribution in [0, 0.1) is 5.41 Å². The summed E-state index contributed by atoms with van der Waals surface area (Å²) >= 11 is 0. The largest absolute Gasteiger partial charge is 0.463 e. The first-order valence-corrected chi connectivity index (χ1v) is 4.36. The molecule has 1 aliphatic rings. The second-order valence-electron chi connectivity index (χ2n) is 3.17. The van der Waals surface area contributed by atoms with Crippen molar-refractivity contribution in [3.05, 3.63) is 35.9 Å². The van der Waals surface area contributed by atoms with E-state index in [1.165, 1.54) is 5.56 Å². The van der Waals surface area contributed by atoms with E-state index in [9.17, 15) is 0 Å². The van der Waals surface area contributed by atoms with E-state index in [1.807, 2.05) is 18.2 Å². The molecule has 1 aromatic rings. The summed E-state index contributed by atoms with van der Waals surface area (Å²) in [6, 6.07) is 10.7. The van der Waals surface area contributed by atoms with E-state index in [0.29, 0.717) is 6.61 Å². The molecule has 15 heavy (non-hydrogen) atoms. The van der Waals surface area contributed by atoms with Gasteiger partial charge in [0.2, 0.25) is 0 Å². The van der Waals surface area contributed by atoms with Crippen molar-refractivity contribution in [2.45, 2.75) is 12.5 Å². The second kappa shape index (κ2) is 6.53. The number of hydrogen-bond acceptors (Lipinski definition) is 2. The fourth-order valence-electron chi connectivity index (χ4n) is 1.46. The molecule has 1 fully saturated rings. The molecule has 2 N–H and O–H groups in total. The van der Waals surface area contributed by atoms with Crippen LogP contribution in [-0.2, 0) is 11.2 Å². The number of halogens is 2. The van der Waals surface area contributed by atoms with Crippen LogP contribution in [0.5, 0.6) is 0 Å². The summed E-state index contributed by atoms with van der Waals surface area (Å²) in [5.41, 5.74) is 1.28. The van der Waals surface area contributed by atoms with Crippen LogP contribution < -0.4 is 5.32 Å². The molecular formula is C10H14Cl2N2O. The zero-order valence-electron chi connectivity index (χ0n) is 8.10. The van der Waals surface area contributed by atoms with E-state index in [0.717, 1.165) is 6.42 Å². The normalized spacial score (nSPS) is 18.1. The van der Waals surface area contributed by atoms with Gasteiger partial charge in [0, 0.05) is 0 Å². The van der Waals surface area contributed by atoms with Gasteiger partial charge in [0.15, 0.2) is 0 Å². The summed E-state index contributed by atoms with van der Waals surface area (Å²) in [5.74, 6) is 0. The summed E-state index contributed by atoms with van der Waals surface area (Å²) in [6.07, 6.45) is 0.920. The van der Waals surface area contributed by atoms with Gasteiger partial charge in [-0.3, -0.25) is 5.41 Å². The second-order valence-corrected chi connectivity index (χ2v) is 3.17. The minimum atomic E-state index is 0. The first-order valence-electron chi connectivity index (χ1n) is 4.36. The Labute approximate surface area is 102 Å². The summed E-state index contributed by atoms with van der Waals surface area (Å²) in [7, 11) is 0. The lowest BCUT2D eigenvalue weighted by atomic mass is 10.1. The van der Waals surface area contributed by atoms with Crippen molar-refractivity contribution in [3.8, 4) is 0 Å². The molecule has 84 valence electrons. The predicted molar refractivity (Wildman–Crippen MR) is 65.2 cm³/mol. The molecule has 1 aliphatic heterocycles. The van der Waals surface area contributed by atoms with Gasteiger partial charge >= 0.3 is 0 Å². The number of ether oxygens (including phenoxy) is 1. The average Bonchev–Trinajstić information content (AvgIpc) is 2.53. The third kappa shape index (κ3) is 3.98. The molecule has 2 rings (SSSR count). The van der Waals surface area contributed by atoms with Gasteiger partial charge < -0.3 is 10.1 Å². The SMILES string of the molecule is Cl.Cl.N=C1N[C@@H](Cc2ccccc2)CO1. The van der Waals surface area contributed by atoms with Crippen molar-refractivity contribution in [1.29, 1.82) is 5.41 Å². The average molecular weight is 249 g/mol. The Morgan fingerprint density at radius 1 is 1.27 bits per heavy atom. The van der Waals surface area contributed by atoms with Crippen LogP contribution in [0.3, 0.4) is 0 Å². The highest BCUT2D eigenvalue weighted by Gasteiger charge is 2.19. The van der Waals surface area contributed by atoms with Crippen LogP contribution >= 0.6 is 24.8 Å². The molecule has 0 saturated carbocycles. The maximum absolute atomic E-state index is 7.21. The summed E-state index contributed by atoms with van der Waals surface area (Å²) < 4.78 is 5.01. The molecule has 0 amide bonds. The minimum Gasteiger partial charge on any atom is -0.463 e. The van der Waals surface area contributed by atoms with Crippen molar-refractivity contribution >= 4 is 30.8 Å². The van der Waals surface area contributed by atoms with Gasteiger partial charge in [0.1, 0.15) is 6.61 Å². The molecule has 0 aromatic heterocycles. The fraction of sp³-hybridized carbons (Fsp3) is 0.300. The summed E-state index contributed by atoms with van der Waals surface area (Å²) in [4.78, 5) is 0. The van der Waals surface area contributed by atoms with Crippen LogP contribution in [0.15, 0.2) is 30.3 Å². The number of amidine groups is 1. The number of rotatable bonds is 2. The molecule has 0 spiro atoms. The van der Waals surface area contributed by atoms with Crippen LogP contribution in [-0.4, -0.2) is 18.7 Å². The topological polar surface area (TPSA) is 45.1 Å². The smallest absolute Gasteiger partial charge is 0.282 e. The van der Waals surface area contributed by atoms with Gasteiger partial charge in [-0.2, -0.15) is 0 Å². The maximum Gasteiger partial charge on any atom is 0.282 e. The van der Waals surface area contributed by atoms with Gasteiger partial charge in [0.25, 0.3) is 6.02 Å². The lowest BCUT2D eigenvalue weighted by Gasteiger charge is -2.06. The zero-order valence-corrected chi connectivity index (χ0v) is 9.74. The number of nitrogens with one attached hydrogen (secondary N) is 2. The van der Waals surface area contributed by atoms with Crippen molar-refractivity contribution < 1.29 is 4.74 Å². The Balaban J connectivity index is 0.000000980. The zero-order chi connectivity index (χ0) is 9.10. The number of benzene rings is 1. The Morgan fingerprint density at radius 3 is 2.47 bits per heavy atom. The van der Waals surface area contributed by atoms with Crippen molar-refractivity contribution in [3.63, 3.8) is 0 Å². The van der Waals surface area contributed by atoms with Gasteiger partial charge in [-0.1, -0.05) is 30.3 Å². The quantitative estimate of drug-likeness (QED) is 0.841. The van der Waals surface area contributed by atoms with Gasteiger partial charge in [-0.05, 0) is 12.0 Å². The molecule has 3 nitrogen and oxygen atoms in total. The molecule has 0 radical (unpaired) electrons. The summed E-state index contributed by atoms with van der Waals surface area (Å²) in [6.45, 7) is 0.605. The minimum absolute atomic E-state index is 0. The standard InChI is InChI=1S/C10H12N2O.2ClH/c11-10-12-9(7-13-10)6-8-4-2-1-3-5-8;;/h1-5,9H,6-7H2,(H2,11,12);2*1H/t9-;;/m0../s1. The van der Waals surface area contributed by atoms with E-state index < -0.39 is 0 Å². The highest BCUT2D eigenvalue weighted by Crippen LogP contribution is 2.06. The van der Waals surface area contributed by atoms with Crippen molar-refractivity contribution in [2.75, 3.05) is 6.61 Å². The Morgan fingerprint density at radius 2 is 1.93 bits per heavy atom. The lowest BCUT2D eigenvalue weighted by molar-refractivity contribution is 0.323. The van der Waals surface area contributed by atoms with E-state index in [1.54, 1.807) is 0 Å². The molecule has 0 bridgehead atoms. The summed E-state index contributed by atoms with van der Waals surface area (Å²) in [5, 5.41) is 10.2. The molecule has 1 aromatic carbocycles. The van der Waals surface area contributed by atoms with Crippen molar-refractivity contribution in [2.24, 2.45) is 0 Å². The molecular weight excluding hydrogens is 235 g/mol. The van der Waals surface area contributed by atoms with Crippen molar-refractivity contribution in [1.82, 2.24) is 5.32 Å². The first-order chi connectivity index (χ1) is 6.34. The highest BCUT2D eigenvalue weighted by atomic mass is 35.5. The third-order valence-corrected chi connectivity index (χ3v) is 2.09. The Kier molecular flexibility index (Phi) is 6.13. The predicted octanol–water partition coefficient (Wildman–Crippen LogP) is 2.00. The van der Waals surface area contributed by atoms with Crippen LogP contribution in [0.4, 0.5) is 0 Å². The maximum atomic E-state index is 7.21. The van der Waals surface area contributed by atoms with E-state index in [-0.39, 0.29) is 36.9 Å². The molecule has 0 unspecified atom stereocenters. The van der Waals surface area contributed by atoms with Gasteiger partial charge in [-0.25, -0.2) is 0 Å². The monoisotopic (exact) mass is 248 g/mol. The van der Waals surface area contributed by atoms with E-state index >= 15 is 0 Å². The highest BCUT2D eigenvalue weighted by molar-refractivity contribution is 5.85. The first kappa shape index (κ1) is 14.1. The van der Waals surface area contributed by atoms with Crippen LogP contribution in [0.25, 0.3) is 0 Å². The lowest BCUT2D eigenvalue weighted by Crippen LogP contribution is -2.28. The van der Waals surface area contributed by atoms with Gasteiger partial charge in [0.05, 0.1) is 6.04 Å². The molecule has 5 heteroatoms. The Hall–Kier alpha value is -0.930. The third-order valence-electron chi connectivity index (χ3n) is 2.09. The van der Waals surface area contributed by atoms with E-state index in [4.69, 9.17) is 10.1 Å². The van der Waals surface area contributed by atoms with Crippen LogP contribution in [0.1, 0.15) is 5.56 Å². The van der Waals surface area contributed by atoms with E-state index in [2.05, 4.69) is 17.4 Å². The van der Waals surface area contributed by atoms with Gasteiger partial charge in [-0.15, -0.1) is 24.8 Å². The molecule has 1 atom stereocenters. The molecule has 0 aliphatic carbocycles. The number of hydrogen-bond donors (Lipinski definition) is 2. The molecule has 1 heterocycles. The molecule has 1 saturated heterocycles.